The predicted molar refractivity (Wildman–Crippen MR) is 74.2 cm³/mol. The van der Waals surface area contributed by atoms with E-state index in [0.29, 0.717) is 0 Å². The molecular weight excluding hydrogens is 218 g/mol. The van der Waals surface area contributed by atoms with E-state index in [9.17, 15) is 0 Å². The van der Waals surface area contributed by atoms with E-state index in [2.05, 4.69) is 22.9 Å². The molecule has 3 aromatic rings. The Kier molecular flexibility index (Phi) is 2.77. The summed E-state index contributed by atoms with van der Waals surface area (Å²) in [6, 6.07) is 20.0. The van der Waals surface area contributed by atoms with E-state index in [1.54, 1.807) is 6.20 Å². The summed E-state index contributed by atoms with van der Waals surface area (Å²) in [6.07, 6.45) is 1.80. The van der Waals surface area contributed by atoms with Crippen LogP contribution in [0.2, 0.25) is 0 Å². The first-order valence-corrected chi connectivity index (χ1v) is 5.84. The Balaban J connectivity index is 2.09. The summed E-state index contributed by atoms with van der Waals surface area (Å²) < 4.78 is 0. The van der Waals surface area contributed by atoms with Crippen LogP contribution in [0.4, 0.5) is 0 Å². The molecule has 0 saturated heterocycles. The second kappa shape index (κ2) is 4.73. The maximum absolute atomic E-state index is 4.33. The number of pyridine rings is 1. The smallest absolute Gasteiger partial charge is 0.0714 e. The van der Waals surface area contributed by atoms with Gasteiger partial charge in [0.1, 0.15) is 0 Å². The van der Waals surface area contributed by atoms with E-state index >= 15 is 0 Å². The van der Waals surface area contributed by atoms with Crippen LogP contribution >= 0.6 is 0 Å². The van der Waals surface area contributed by atoms with Gasteiger partial charge in [0.25, 0.3) is 0 Å². The van der Waals surface area contributed by atoms with Gasteiger partial charge in [-0.15, -0.1) is 0 Å². The van der Waals surface area contributed by atoms with Gasteiger partial charge in [0.05, 0.1) is 5.52 Å². The number of hydrogen-bond acceptors (Lipinski definition) is 1. The van der Waals surface area contributed by atoms with Crippen LogP contribution in [0.15, 0.2) is 66.9 Å². The molecule has 0 aliphatic rings. The fourth-order valence-electron chi connectivity index (χ4n) is 1.87. The maximum atomic E-state index is 4.33. The van der Waals surface area contributed by atoms with Crippen molar-refractivity contribution >= 4 is 10.9 Å². The van der Waals surface area contributed by atoms with Crippen LogP contribution in [0.1, 0.15) is 11.1 Å². The molecule has 18 heavy (non-hydrogen) atoms. The van der Waals surface area contributed by atoms with Crippen LogP contribution in [0, 0.1) is 11.8 Å². The van der Waals surface area contributed by atoms with Crippen molar-refractivity contribution in [2.24, 2.45) is 0 Å². The van der Waals surface area contributed by atoms with E-state index in [0.717, 1.165) is 22.0 Å². The quantitative estimate of drug-likeness (QED) is 0.536. The summed E-state index contributed by atoms with van der Waals surface area (Å²) in [4.78, 5) is 4.33. The van der Waals surface area contributed by atoms with Gasteiger partial charge in [-0.1, -0.05) is 48.2 Å². The highest BCUT2D eigenvalue weighted by molar-refractivity contribution is 5.84. The molecule has 0 unspecified atom stereocenters. The molecule has 0 aliphatic heterocycles. The summed E-state index contributed by atoms with van der Waals surface area (Å²) in [5.74, 6) is 6.39. The van der Waals surface area contributed by atoms with Crippen molar-refractivity contribution in [3.8, 4) is 11.8 Å². The van der Waals surface area contributed by atoms with Crippen molar-refractivity contribution in [2.45, 2.75) is 0 Å². The minimum absolute atomic E-state index is 0.984. The van der Waals surface area contributed by atoms with Crippen LogP contribution in [0.3, 0.4) is 0 Å². The van der Waals surface area contributed by atoms with Gasteiger partial charge in [0.15, 0.2) is 0 Å². The zero-order valence-electron chi connectivity index (χ0n) is 9.80. The normalized spacial score (nSPS) is 9.78. The largest absolute Gasteiger partial charge is 0.256 e. The van der Waals surface area contributed by atoms with Crippen LogP contribution in [-0.4, -0.2) is 4.98 Å². The maximum Gasteiger partial charge on any atom is 0.0714 e. The number of para-hydroxylation sites is 1. The first kappa shape index (κ1) is 10.6. The molecule has 1 aromatic heterocycles. The summed E-state index contributed by atoms with van der Waals surface area (Å²) in [5.41, 5.74) is 3.03. The average molecular weight is 229 g/mol. The monoisotopic (exact) mass is 229 g/mol. The third-order valence-electron chi connectivity index (χ3n) is 2.76. The third-order valence-corrected chi connectivity index (χ3v) is 2.76. The lowest BCUT2D eigenvalue weighted by molar-refractivity contribution is 1.40. The van der Waals surface area contributed by atoms with Crippen LogP contribution in [0.5, 0.6) is 0 Å². The first-order valence-electron chi connectivity index (χ1n) is 5.84. The minimum Gasteiger partial charge on any atom is -0.256 e. The van der Waals surface area contributed by atoms with Crippen molar-refractivity contribution < 1.29 is 0 Å². The van der Waals surface area contributed by atoms with E-state index in [1.165, 1.54) is 0 Å². The molecule has 84 valence electrons. The van der Waals surface area contributed by atoms with Crippen molar-refractivity contribution in [3.63, 3.8) is 0 Å². The Morgan fingerprint density at radius 2 is 1.50 bits per heavy atom. The number of benzene rings is 2. The van der Waals surface area contributed by atoms with Gasteiger partial charge < -0.3 is 0 Å². The van der Waals surface area contributed by atoms with E-state index < -0.39 is 0 Å². The standard InChI is InChI=1S/C17H11N/c1-2-6-14(7-3-1)10-11-15-12-13-18-17-9-5-4-8-16(15)17/h1-9,12-13H. The van der Waals surface area contributed by atoms with Crippen molar-refractivity contribution in [1.82, 2.24) is 4.98 Å². The molecule has 2 aromatic carbocycles. The fourth-order valence-corrected chi connectivity index (χ4v) is 1.87. The third kappa shape index (κ3) is 2.09. The topological polar surface area (TPSA) is 12.9 Å². The molecule has 3 rings (SSSR count). The number of rotatable bonds is 0. The molecule has 1 heterocycles. The molecule has 0 atom stereocenters. The van der Waals surface area contributed by atoms with Crippen LogP contribution < -0.4 is 0 Å². The number of nitrogens with zero attached hydrogens (tertiary/aromatic N) is 1. The zero-order chi connectivity index (χ0) is 12.2. The molecule has 0 fully saturated rings. The molecule has 1 nitrogen and oxygen atoms in total. The second-order valence-electron chi connectivity index (χ2n) is 3.99. The number of hydrogen-bond donors (Lipinski definition) is 0. The summed E-state index contributed by atoms with van der Waals surface area (Å²) in [7, 11) is 0. The van der Waals surface area contributed by atoms with E-state index in [4.69, 9.17) is 0 Å². The highest BCUT2D eigenvalue weighted by Gasteiger charge is 1.97. The molecule has 0 saturated carbocycles. The molecule has 0 spiro atoms. The Hall–Kier alpha value is -2.59. The van der Waals surface area contributed by atoms with Gasteiger partial charge in [-0.3, -0.25) is 4.98 Å². The summed E-state index contributed by atoms with van der Waals surface area (Å²) in [5, 5.41) is 1.10. The minimum atomic E-state index is 0.984. The molecule has 0 bridgehead atoms. The van der Waals surface area contributed by atoms with E-state index in [-0.39, 0.29) is 0 Å². The first-order chi connectivity index (χ1) is 8.93. The summed E-state index contributed by atoms with van der Waals surface area (Å²) >= 11 is 0. The van der Waals surface area contributed by atoms with Gasteiger partial charge in [-0.05, 0) is 24.3 Å². The van der Waals surface area contributed by atoms with Gasteiger partial charge in [-0.2, -0.15) is 0 Å². The lowest BCUT2D eigenvalue weighted by atomic mass is 10.1. The molecule has 0 radical (unpaired) electrons. The predicted octanol–water partition coefficient (Wildman–Crippen LogP) is 3.63. The second-order valence-corrected chi connectivity index (χ2v) is 3.99. The molecule has 1 heteroatoms. The van der Waals surface area contributed by atoms with Crippen LogP contribution in [-0.2, 0) is 0 Å². The Morgan fingerprint density at radius 1 is 0.722 bits per heavy atom. The van der Waals surface area contributed by atoms with Gasteiger partial charge in [0, 0.05) is 22.7 Å². The Labute approximate surface area is 106 Å². The van der Waals surface area contributed by atoms with Crippen LogP contribution in [0.25, 0.3) is 10.9 Å². The lowest BCUT2D eigenvalue weighted by Crippen LogP contribution is -1.82. The average Bonchev–Trinajstić information content (AvgIpc) is 2.46. The summed E-state index contributed by atoms with van der Waals surface area (Å²) in [6.45, 7) is 0. The van der Waals surface area contributed by atoms with Crippen molar-refractivity contribution in [3.05, 3.63) is 78.0 Å². The number of fused-ring (bicyclic) bond motifs is 1. The molecular formula is C17H11N. The molecule has 0 N–H and O–H groups in total. The SMILES string of the molecule is C(#Cc1ccnc2ccccc12)c1ccccc1. The fraction of sp³-hybridized carbons (Fsp3) is 0. The van der Waals surface area contributed by atoms with Gasteiger partial charge >= 0.3 is 0 Å². The molecule has 0 aliphatic carbocycles. The van der Waals surface area contributed by atoms with Crippen molar-refractivity contribution in [2.75, 3.05) is 0 Å². The van der Waals surface area contributed by atoms with Gasteiger partial charge in [0.2, 0.25) is 0 Å². The van der Waals surface area contributed by atoms with E-state index in [1.807, 2.05) is 54.6 Å². The molecule has 0 amide bonds. The highest BCUT2D eigenvalue weighted by Crippen LogP contribution is 2.15. The van der Waals surface area contributed by atoms with Crippen molar-refractivity contribution in [1.29, 1.82) is 0 Å². The lowest BCUT2D eigenvalue weighted by Gasteiger charge is -1.98. The van der Waals surface area contributed by atoms with Gasteiger partial charge in [-0.25, -0.2) is 0 Å². The number of aromatic nitrogens is 1. The Morgan fingerprint density at radius 3 is 2.39 bits per heavy atom. The zero-order valence-corrected chi connectivity index (χ0v) is 9.80. The Bertz CT molecular complexity index is 728. The highest BCUT2D eigenvalue weighted by atomic mass is 14.6.